The molecule has 5 nitrogen and oxygen atoms in total. The largest absolute Gasteiger partial charge is 0.340 e. The predicted molar refractivity (Wildman–Crippen MR) is 107 cm³/mol. The molecule has 1 aromatic heterocycles. The minimum atomic E-state index is -0.208. The highest BCUT2D eigenvalue weighted by molar-refractivity contribution is 5.78. The van der Waals surface area contributed by atoms with Gasteiger partial charge in [0.05, 0.1) is 11.0 Å². The molecule has 3 aromatic rings. The lowest BCUT2D eigenvalue weighted by Gasteiger charge is -2.35. The summed E-state index contributed by atoms with van der Waals surface area (Å²) in [6.45, 7) is 6.60. The molecule has 0 aliphatic carbocycles. The van der Waals surface area contributed by atoms with Gasteiger partial charge in [-0.25, -0.2) is 9.37 Å². The fraction of sp³-hybridized carbons (Fsp3) is 0.364. The summed E-state index contributed by atoms with van der Waals surface area (Å²) in [7, 11) is 0. The van der Waals surface area contributed by atoms with E-state index in [0.29, 0.717) is 13.0 Å². The Morgan fingerprint density at radius 1 is 1.04 bits per heavy atom. The third kappa shape index (κ3) is 4.07. The SMILES string of the molecule is Cc1nc2ccccc2n1CCC(=O)N1CCN(Cc2ccc(F)cc2)CC1. The number of carbonyl (C=O) groups excluding carboxylic acids is 1. The summed E-state index contributed by atoms with van der Waals surface area (Å²) in [6.07, 6.45) is 0.485. The van der Waals surface area contributed by atoms with E-state index in [1.165, 1.54) is 12.1 Å². The highest BCUT2D eigenvalue weighted by Crippen LogP contribution is 2.16. The van der Waals surface area contributed by atoms with Crippen molar-refractivity contribution in [3.63, 3.8) is 0 Å². The maximum atomic E-state index is 13.0. The first kappa shape index (κ1) is 18.6. The van der Waals surface area contributed by atoms with Crippen LogP contribution in [0.4, 0.5) is 4.39 Å². The fourth-order valence-electron chi connectivity index (χ4n) is 3.85. The van der Waals surface area contributed by atoms with Crippen LogP contribution in [-0.4, -0.2) is 51.4 Å². The molecule has 1 saturated heterocycles. The Labute approximate surface area is 164 Å². The van der Waals surface area contributed by atoms with E-state index in [1.807, 2.05) is 48.2 Å². The first-order valence-corrected chi connectivity index (χ1v) is 9.76. The minimum absolute atomic E-state index is 0.193. The molecular weight excluding hydrogens is 355 g/mol. The summed E-state index contributed by atoms with van der Waals surface area (Å²) in [6, 6.07) is 14.7. The molecule has 1 amide bonds. The topological polar surface area (TPSA) is 41.4 Å². The van der Waals surface area contributed by atoms with Gasteiger partial charge in [0.25, 0.3) is 0 Å². The number of nitrogens with zero attached hydrogens (tertiary/aromatic N) is 4. The molecule has 28 heavy (non-hydrogen) atoms. The highest BCUT2D eigenvalue weighted by Gasteiger charge is 2.21. The van der Waals surface area contributed by atoms with Gasteiger partial charge in [0.2, 0.25) is 5.91 Å². The second-order valence-electron chi connectivity index (χ2n) is 7.33. The smallest absolute Gasteiger partial charge is 0.224 e. The molecule has 2 aromatic carbocycles. The number of halogens is 1. The zero-order valence-corrected chi connectivity index (χ0v) is 16.1. The zero-order chi connectivity index (χ0) is 19.5. The second kappa shape index (κ2) is 8.10. The van der Waals surface area contributed by atoms with Crippen molar-refractivity contribution in [1.29, 1.82) is 0 Å². The van der Waals surface area contributed by atoms with E-state index in [1.54, 1.807) is 0 Å². The zero-order valence-electron chi connectivity index (χ0n) is 16.1. The Bertz CT molecular complexity index is 958. The van der Waals surface area contributed by atoms with Crippen LogP contribution in [0, 0.1) is 12.7 Å². The van der Waals surface area contributed by atoms with E-state index in [-0.39, 0.29) is 11.7 Å². The number of para-hydroxylation sites is 2. The van der Waals surface area contributed by atoms with Crippen LogP contribution >= 0.6 is 0 Å². The van der Waals surface area contributed by atoms with Crippen LogP contribution in [0.2, 0.25) is 0 Å². The quantitative estimate of drug-likeness (QED) is 0.683. The number of carbonyl (C=O) groups is 1. The fourth-order valence-corrected chi connectivity index (χ4v) is 3.85. The third-order valence-corrected chi connectivity index (χ3v) is 5.44. The molecule has 1 aliphatic heterocycles. The highest BCUT2D eigenvalue weighted by atomic mass is 19.1. The van der Waals surface area contributed by atoms with Crippen molar-refractivity contribution in [3.05, 3.63) is 65.7 Å². The number of benzene rings is 2. The molecule has 2 heterocycles. The predicted octanol–water partition coefficient (Wildman–Crippen LogP) is 3.22. The van der Waals surface area contributed by atoms with E-state index in [2.05, 4.69) is 14.5 Å². The molecule has 0 N–H and O–H groups in total. The van der Waals surface area contributed by atoms with Crippen LogP contribution in [0.15, 0.2) is 48.5 Å². The van der Waals surface area contributed by atoms with Crippen LogP contribution in [0.3, 0.4) is 0 Å². The molecular formula is C22H25FN4O. The standard InChI is InChI=1S/C22H25FN4O/c1-17-24-20-4-2-3-5-21(20)27(17)11-10-22(28)26-14-12-25(13-15-26)16-18-6-8-19(23)9-7-18/h2-9H,10-16H2,1H3. The lowest BCUT2D eigenvalue weighted by Crippen LogP contribution is -2.48. The summed E-state index contributed by atoms with van der Waals surface area (Å²) in [4.78, 5) is 21.5. The summed E-state index contributed by atoms with van der Waals surface area (Å²) in [5.41, 5.74) is 3.16. The minimum Gasteiger partial charge on any atom is -0.340 e. The van der Waals surface area contributed by atoms with Gasteiger partial charge in [0.1, 0.15) is 11.6 Å². The van der Waals surface area contributed by atoms with Crippen LogP contribution in [0.5, 0.6) is 0 Å². The Kier molecular flexibility index (Phi) is 5.39. The van der Waals surface area contributed by atoms with Crippen LogP contribution in [-0.2, 0) is 17.9 Å². The van der Waals surface area contributed by atoms with Crippen LogP contribution < -0.4 is 0 Å². The summed E-state index contributed by atoms with van der Waals surface area (Å²) < 4.78 is 15.2. The van der Waals surface area contributed by atoms with Gasteiger partial charge in [-0.05, 0) is 36.8 Å². The molecule has 0 unspecified atom stereocenters. The summed E-state index contributed by atoms with van der Waals surface area (Å²) in [5.74, 6) is 0.928. The normalized spacial score (nSPS) is 15.3. The number of piperazine rings is 1. The molecule has 146 valence electrons. The van der Waals surface area contributed by atoms with Crippen LogP contribution in [0.25, 0.3) is 11.0 Å². The van der Waals surface area contributed by atoms with Gasteiger partial charge >= 0.3 is 0 Å². The van der Waals surface area contributed by atoms with Crippen LogP contribution in [0.1, 0.15) is 17.8 Å². The van der Waals surface area contributed by atoms with Gasteiger partial charge in [-0.3, -0.25) is 9.69 Å². The summed E-state index contributed by atoms with van der Waals surface area (Å²) in [5, 5.41) is 0. The average molecular weight is 380 g/mol. The number of hydrogen-bond acceptors (Lipinski definition) is 3. The number of fused-ring (bicyclic) bond motifs is 1. The maximum absolute atomic E-state index is 13.0. The Morgan fingerprint density at radius 3 is 2.50 bits per heavy atom. The number of aryl methyl sites for hydroxylation is 2. The van der Waals surface area contributed by atoms with Crippen molar-refractivity contribution < 1.29 is 9.18 Å². The van der Waals surface area contributed by atoms with E-state index in [0.717, 1.165) is 55.1 Å². The van der Waals surface area contributed by atoms with Crippen molar-refractivity contribution in [1.82, 2.24) is 19.4 Å². The van der Waals surface area contributed by atoms with Gasteiger partial charge in [0, 0.05) is 45.7 Å². The van der Waals surface area contributed by atoms with Gasteiger partial charge in [-0.1, -0.05) is 24.3 Å². The lowest BCUT2D eigenvalue weighted by molar-refractivity contribution is -0.133. The van der Waals surface area contributed by atoms with E-state index in [9.17, 15) is 9.18 Å². The third-order valence-electron chi connectivity index (χ3n) is 5.44. The van der Waals surface area contributed by atoms with E-state index >= 15 is 0 Å². The van der Waals surface area contributed by atoms with Crippen molar-refractivity contribution in [3.8, 4) is 0 Å². The first-order chi connectivity index (χ1) is 13.6. The first-order valence-electron chi connectivity index (χ1n) is 9.76. The van der Waals surface area contributed by atoms with Gasteiger partial charge in [0.15, 0.2) is 0 Å². The summed E-state index contributed by atoms with van der Waals surface area (Å²) >= 11 is 0. The molecule has 0 radical (unpaired) electrons. The molecule has 1 aliphatic rings. The van der Waals surface area contributed by atoms with Gasteiger partial charge in [-0.2, -0.15) is 0 Å². The van der Waals surface area contributed by atoms with Crippen molar-refractivity contribution in [2.24, 2.45) is 0 Å². The molecule has 6 heteroatoms. The van der Waals surface area contributed by atoms with E-state index < -0.39 is 0 Å². The molecule has 0 spiro atoms. The molecule has 0 atom stereocenters. The number of imidazole rings is 1. The van der Waals surface area contributed by atoms with Crippen molar-refractivity contribution in [2.75, 3.05) is 26.2 Å². The van der Waals surface area contributed by atoms with Gasteiger partial charge < -0.3 is 9.47 Å². The second-order valence-corrected chi connectivity index (χ2v) is 7.33. The van der Waals surface area contributed by atoms with Gasteiger partial charge in [-0.15, -0.1) is 0 Å². The Balaban J connectivity index is 1.29. The van der Waals surface area contributed by atoms with E-state index in [4.69, 9.17) is 0 Å². The molecule has 0 saturated carbocycles. The van der Waals surface area contributed by atoms with Crippen molar-refractivity contribution in [2.45, 2.75) is 26.4 Å². The average Bonchev–Trinajstić information content (AvgIpc) is 3.03. The number of aromatic nitrogens is 2. The number of rotatable bonds is 5. The Morgan fingerprint density at radius 2 is 1.75 bits per heavy atom. The number of amides is 1. The molecule has 0 bridgehead atoms. The number of hydrogen-bond donors (Lipinski definition) is 0. The lowest BCUT2D eigenvalue weighted by atomic mass is 10.2. The monoisotopic (exact) mass is 380 g/mol. The van der Waals surface area contributed by atoms with Crippen molar-refractivity contribution >= 4 is 16.9 Å². The molecule has 4 rings (SSSR count). The Hall–Kier alpha value is -2.73. The molecule has 1 fully saturated rings. The maximum Gasteiger partial charge on any atom is 0.224 e.